The normalized spacial score (nSPS) is 17.2. The van der Waals surface area contributed by atoms with Gasteiger partial charge in [-0.05, 0) is 23.6 Å². The molecule has 1 aliphatic rings. The Labute approximate surface area is 103 Å². The minimum Gasteiger partial charge on any atom is -0.381 e. The quantitative estimate of drug-likeness (QED) is 0.586. The summed E-state index contributed by atoms with van der Waals surface area (Å²) < 4.78 is 62.1. The molecule has 100 valence electrons. The first-order valence-electron chi connectivity index (χ1n) is 4.90. The fourth-order valence-electron chi connectivity index (χ4n) is 1.40. The van der Waals surface area contributed by atoms with Gasteiger partial charge in [0.1, 0.15) is 5.76 Å². The predicted molar refractivity (Wildman–Crippen MR) is 60.8 cm³/mol. The maximum absolute atomic E-state index is 12.1. The molecule has 1 rings (SSSR count). The number of rotatable bonds is 4. The minimum absolute atomic E-state index is 0.0635. The maximum atomic E-state index is 12.1. The van der Waals surface area contributed by atoms with Crippen molar-refractivity contribution in [3.05, 3.63) is 48.3 Å². The van der Waals surface area contributed by atoms with Crippen LogP contribution in [0.3, 0.4) is 0 Å². The van der Waals surface area contributed by atoms with Crippen LogP contribution in [-0.2, 0) is 14.3 Å². The zero-order valence-corrected chi connectivity index (χ0v) is 10.1. The zero-order chi connectivity index (χ0) is 14.0. The van der Waals surface area contributed by atoms with Gasteiger partial charge in [0.2, 0.25) is 0 Å². The van der Waals surface area contributed by atoms with Crippen LogP contribution in [0.15, 0.2) is 48.3 Å². The summed E-state index contributed by atoms with van der Waals surface area (Å²) in [5.74, 6) is -0.257. The fourth-order valence-corrected chi connectivity index (χ4v) is 1.91. The highest BCUT2D eigenvalue weighted by atomic mass is 32.2. The van der Waals surface area contributed by atoms with E-state index >= 15 is 0 Å². The summed E-state index contributed by atoms with van der Waals surface area (Å²) in [6, 6.07) is 0. The van der Waals surface area contributed by atoms with E-state index in [-0.39, 0.29) is 12.2 Å². The smallest absolute Gasteiger partial charge is 0.381 e. The first kappa shape index (κ1) is 14.6. The summed E-state index contributed by atoms with van der Waals surface area (Å²) in [6.07, 6.45) is 4.58. The highest BCUT2D eigenvalue weighted by Crippen LogP contribution is 2.31. The first-order chi connectivity index (χ1) is 8.21. The SMILES string of the molecule is C=CC1=C(C=C)CCC(OS(=O)(=O)C(F)(F)F)=C1. The van der Waals surface area contributed by atoms with Gasteiger partial charge in [0, 0.05) is 6.42 Å². The topological polar surface area (TPSA) is 43.4 Å². The fraction of sp³-hybridized carbons (Fsp3) is 0.273. The Bertz CT molecular complexity index is 524. The van der Waals surface area contributed by atoms with Crippen molar-refractivity contribution in [1.82, 2.24) is 0 Å². The largest absolute Gasteiger partial charge is 0.534 e. The molecule has 1 aliphatic carbocycles. The average molecular weight is 280 g/mol. The molecule has 0 spiro atoms. The second-order valence-corrected chi connectivity index (χ2v) is 5.02. The molecule has 0 amide bonds. The van der Waals surface area contributed by atoms with E-state index in [4.69, 9.17) is 0 Å². The van der Waals surface area contributed by atoms with Gasteiger partial charge in [-0.15, -0.1) is 0 Å². The Kier molecular flexibility index (Phi) is 4.05. The highest BCUT2D eigenvalue weighted by Gasteiger charge is 2.48. The molecule has 0 unspecified atom stereocenters. The summed E-state index contributed by atoms with van der Waals surface area (Å²) in [6.45, 7) is 7.03. The molecule has 0 radical (unpaired) electrons. The maximum Gasteiger partial charge on any atom is 0.534 e. The van der Waals surface area contributed by atoms with Crippen LogP contribution in [0.2, 0.25) is 0 Å². The summed E-state index contributed by atoms with van der Waals surface area (Å²) in [5, 5.41) is 0. The van der Waals surface area contributed by atoms with Crippen molar-refractivity contribution in [3.63, 3.8) is 0 Å². The molecule has 0 heterocycles. The van der Waals surface area contributed by atoms with Crippen molar-refractivity contribution < 1.29 is 25.8 Å². The number of hydrogen-bond donors (Lipinski definition) is 0. The summed E-state index contributed by atoms with van der Waals surface area (Å²) in [7, 11) is -5.60. The van der Waals surface area contributed by atoms with Crippen LogP contribution in [-0.4, -0.2) is 13.9 Å². The predicted octanol–water partition coefficient (Wildman–Crippen LogP) is 3.20. The number of hydrogen-bond acceptors (Lipinski definition) is 3. The third-order valence-corrected chi connectivity index (χ3v) is 3.29. The van der Waals surface area contributed by atoms with Crippen LogP contribution in [0.4, 0.5) is 13.2 Å². The Morgan fingerprint density at radius 2 is 1.83 bits per heavy atom. The second-order valence-electron chi connectivity index (χ2n) is 3.48. The van der Waals surface area contributed by atoms with Gasteiger partial charge >= 0.3 is 15.6 Å². The van der Waals surface area contributed by atoms with E-state index in [1.807, 2.05) is 0 Å². The molecule has 0 N–H and O–H groups in total. The van der Waals surface area contributed by atoms with E-state index in [0.717, 1.165) is 5.57 Å². The molecule has 3 nitrogen and oxygen atoms in total. The Balaban J connectivity index is 3.02. The van der Waals surface area contributed by atoms with Gasteiger partial charge in [0.05, 0.1) is 0 Å². The highest BCUT2D eigenvalue weighted by molar-refractivity contribution is 7.87. The molecule has 0 saturated carbocycles. The van der Waals surface area contributed by atoms with Gasteiger partial charge in [-0.25, -0.2) is 0 Å². The van der Waals surface area contributed by atoms with Gasteiger partial charge in [-0.2, -0.15) is 21.6 Å². The van der Waals surface area contributed by atoms with Crippen LogP contribution >= 0.6 is 0 Å². The lowest BCUT2D eigenvalue weighted by Gasteiger charge is -2.17. The van der Waals surface area contributed by atoms with E-state index in [2.05, 4.69) is 17.3 Å². The standard InChI is InChI=1S/C11H11F3O3S/c1-3-8-5-6-10(7-9(8)4-2)17-18(15,16)11(12,13)14/h3-4,7H,1-2,5-6H2. The molecule has 0 atom stereocenters. The molecule has 0 fully saturated rings. The third-order valence-electron chi connectivity index (χ3n) is 2.29. The Morgan fingerprint density at radius 1 is 1.22 bits per heavy atom. The third kappa shape index (κ3) is 3.04. The van der Waals surface area contributed by atoms with Gasteiger partial charge in [0.15, 0.2) is 0 Å². The monoisotopic (exact) mass is 280 g/mol. The van der Waals surface area contributed by atoms with Crippen molar-refractivity contribution in [2.75, 3.05) is 0 Å². The molecule has 18 heavy (non-hydrogen) atoms. The van der Waals surface area contributed by atoms with Gasteiger partial charge < -0.3 is 4.18 Å². The molecule has 0 bridgehead atoms. The van der Waals surface area contributed by atoms with Crippen LogP contribution in [0, 0.1) is 0 Å². The van der Waals surface area contributed by atoms with E-state index in [0.29, 0.717) is 12.0 Å². The molecule has 0 aromatic rings. The van der Waals surface area contributed by atoms with Crippen molar-refractivity contribution in [2.24, 2.45) is 0 Å². The lowest BCUT2D eigenvalue weighted by atomic mass is 9.96. The van der Waals surface area contributed by atoms with Crippen LogP contribution in [0.5, 0.6) is 0 Å². The van der Waals surface area contributed by atoms with Crippen molar-refractivity contribution in [3.8, 4) is 0 Å². The molecular weight excluding hydrogens is 269 g/mol. The Morgan fingerprint density at radius 3 is 2.28 bits per heavy atom. The van der Waals surface area contributed by atoms with Crippen LogP contribution in [0.1, 0.15) is 12.8 Å². The molecule has 0 saturated heterocycles. The van der Waals surface area contributed by atoms with Crippen LogP contribution < -0.4 is 0 Å². The number of allylic oxidation sites excluding steroid dienone is 6. The van der Waals surface area contributed by atoms with E-state index in [9.17, 15) is 21.6 Å². The number of alkyl halides is 3. The molecule has 7 heteroatoms. The van der Waals surface area contributed by atoms with E-state index in [1.54, 1.807) is 6.08 Å². The van der Waals surface area contributed by atoms with Crippen molar-refractivity contribution in [1.29, 1.82) is 0 Å². The lowest BCUT2D eigenvalue weighted by molar-refractivity contribution is -0.0523. The van der Waals surface area contributed by atoms with Gasteiger partial charge in [-0.1, -0.05) is 25.3 Å². The molecule has 0 aromatic heterocycles. The summed E-state index contributed by atoms with van der Waals surface area (Å²) >= 11 is 0. The van der Waals surface area contributed by atoms with E-state index < -0.39 is 15.6 Å². The number of halogens is 3. The minimum atomic E-state index is -5.60. The van der Waals surface area contributed by atoms with Crippen molar-refractivity contribution in [2.45, 2.75) is 18.3 Å². The van der Waals surface area contributed by atoms with E-state index in [1.165, 1.54) is 12.2 Å². The van der Waals surface area contributed by atoms with Gasteiger partial charge in [-0.3, -0.25) is 0 Å². The summed E-state index contributed by atoms with van der Waals surface area (Å²) in [5.41, 5.74) is -4.14. The summed E-state index contributed by atoms with van der Waals surface area (Å²) in [4.78, 5) is 0. The molecule has 0 aliphatic heterocycles. The lowest BCUT2D eigenvalue weighted by Crippen LogP contribution is -2.25. The molecule has 0 aromatic carbocycles. The van der Waals surface area contributed by atoms with Gasteiger partial charge in [0.25, 0.3) is 0 Å². The van der Waals surface area contributed by atoms with Crippen LogP contribution in [0.25, 0.3) is 0 Å². The first-order valence-corrected chi connectivity index (χ1v) is 6.31. The second kappa shape index (κ2) is 5.01. The van der Waals surface area contributed by atoms with Crippen molar-refractivity contribution >= 4 is 10.1 Å². The average Bonchev–Trinajstić information content (AvgIpc) is 2.26. The molecular formula is C11H11F3O3S. The Hall–Kier alpha value is -1.50. The zero-order valence-electron chi connectivity index (χ0n) is 9.33.